The molecule has 3 aromatic rings. The summed E-state index contributed by atoms with van der Waals surface area (Å²) < 4.78 is 15.2. The molecule has 2 N–H and O–H groups in total. The van der Waals surface area contributed by atoms with E-state index in [1.807, 2.05) is 19.2 Å². The Balaban J connectivity index is 2.34. The zero-order valence-electron chi connectivity index (χ0n) is 10.7. The number of hydrogen-bond acceptors (Lipinski definition) is 1. The van der Waals surface area contributed by atoms with E-state index in [2.05, 4.69) is 16.7 Å². The summed E-state index contributed by atoms with van der Waals surface area (Å²) in [6.07, 6.45) is 0. The lowest BCUT2D eigenvalue weighted by atomic mass is 10.1. The van der Waals surface area contributed by atoms with Gasteiger partial charge in [-0.1, -0.05) is 18.2 Å². The number of aromatic nitrogens is 1. The maximum Gasteiger partial charge on any atom is 0.123 e. The molecule has 0 aliphatic heterocycles. The average molecular weight is 254 g/mol. The van der Waals surface area contributed by atoms with Gasteiger partial charge in [0, 0.05) is 24.5 Å². The van der Waals surface area contributed by atoms with E-state index in [0.29, 0.717) is 6.54 Å². The molecule has 3 rings (SSSR count). The van der Waals surface area contributed by atoms with Gasteiger partial charge < -0.3 is 10.3 Å². The van der Waals surface area contributed by atoms with Gasteiger partial charge in [0.15, 0.2) is 0 Å². The van der Waals surface area contributed by atoms with Crippen molar-refractivity contribution >= 4 is 10.9 Å². The summed E-state index contributed by atoms with van der Waals surface area (Å²) in [7, 11) is 2.01. The topological polar surface area (TPSA) is 30.9 Å². The van der Waals surface area contributed by atoms with Crippen molar-refractivity contribution in [2.24, 2.45) is 12.8 Å². The molecule has 0 fully saturated rings. The quantitative estimate of drug-likeness (QED) is 0.746. The van der Waals surface area contributed by atoms with E-state index in [1.54, 1.807) is 12.1 Å². The molecule has 0 atom stereocenters. The van der Waals surface area contributed by atoms with Gasteiger partial charge in [-0.15, -0.1) is 0 Å². The first-order valence-corrected chi connectivity index (χ1v) is 6.24. The minimum Gasteiger partial charge on any atom is -0.343 e. The van der Waals surface area contributed by atoms with Crippen molar-refractivity contribution in [3.8, 4) is 11.3 Å². The van der Waals surface area contributed by atoms with E-state index in [1.165, 1.54) is 12.1 Å². The molecule has 3 heteroatoms. The standard InChI is InChI=1S/C16H15FN2/c1-19-15-5-3-2-4-13(15)14(10-18)16(19)11-6-8-12(17)9-7-11/h2-9H,10,18H2,1H3. The van der Waals surface area contributed by atoms with Crippen molar-refractivity contribution < 1.29 is 4.39 Å². The highest BCUT2D eigenvalue weighted by Gasteiger charge is 2.14. The van der Waals surface area contributed by atoms with Crippen molar-refractivity contribution in [1.29, 1.82) is 0 Å². The molecule has 1 heterocycles. The van der Waals surface area contributed by atoms with Gasteiger partial charge in [0.25, 0.3) is 0 Å². The number of benzene rings is 2. The first-order valence-electron chi connectivity index (χ1n) is 6.24. The molecule has 0 spiro atoms. The molecule has 0 saturated carbocycles. The van der Waals surface area contributed by atoms with Crippen LogP contribution < -0.4 is 5.73 Å². The smallest absolute Gasteiger partial charge is 0.123 e. The minimum atomic E-state index is -0.225. The van der Waals surface area contributed by atoms with Crippen LogP contribution in [0.1, 0.15) is 5.56 Å². The first-order chi connectivity index (χ1) is 9.22. The van der Waals surface area contributed by atoms with Gasteiger partial charge >= 0.3 is 0 Å². The Morgan fingerprint density at radius 1 is 1.05 bits per heavy atom. The highest BCUT2D eigenvalue weighted by molar-refractivity contribution is 5.91. The summed E-state index contributed by atoms with van der Waals surface area (Å²) in [5.74, 6) is -0.225. The zero-order valence-corrected chi connectivity index (χ0v) is 10.7. The Labute approximate surface area is 111 Å². The van der Waals surface area contributed by atoms with E-state index in [9.17, 15) is 4.39 Å². The van der Waals surface area contributed by atoms with Gasteiger partial charge in [-0.2, -0.15) is 0 Å². The first kappa shape index (κ1) is 11.9. The van der Waals surface area contributed by atoms with Crippen molar-refractivity contribution in [1.82, 2.24) is 4.57 Å². The molecule has 0 radical (unpaired) electrons. The number of fused-ring (bicyclic) bond motifs is 1. The highest BCUT2D eigenvalue weighted by atomic mass is 19.1. The van der Waals surface area contributed by atoms with E-state index in [0.717, 1.165) is 27.7 Å². The fraction of sp³-hybridized carbons (Fsp3) is 0.125. The molecule has 19 heavy (non-hydrogen) atoms. The van der Waals surface area contributed by atoms with Crippen LogP contribution in [0, 0.1) is 5.82 Å². The molecular weight excluding hydrogens is 239 g/mol. The van der Waals surface area contributed by atoms with Gasteiger partial charge in [0.05, 0.1) is 5.69 Å². The molecule has 96 valence electrons. The lowest BCUT2D eigenvalue weighted by Gasteiger charge is -2.07. The third-order valence-electron chi connectivity index (χ3n) is 3.53. The second-order valence-electron chi connectivity index (χ2n) is 4.61. The predicted octanol–water partition coefficient (Wildman–Crippen LogP) is 3.44. The van der Waals surface area contributed by atoms with Crippen LogP contribution in [-0.4, -0.2) is 4.57 Å². The highest BCUT2D eigenvalue weighted by Crippen LogP contribution is 2.32. The number of nitrogens with zero attached hydrogens (tertiary/aromatic N) is 1. The molecule has 0 bridgehead atoms. The second-order valence-corrected chi connectivity index (χ2v) is 4.61. The number of hydrogen-bond donors (Lipinski definition) is 1. The van der Waals surface area contributed by atoms with Gasteiger partial charge in [-0.25, -0.2) is 4.39 Å². The lowest BCUT2D eigenvalue weighted by Crippen LogP contribution is -1.99. The lowest BCUT2D eigenvalue weighted by molar-refractivity contribution is 0.628. The molecule has 0 unspecified atom stereocenters. The number of halogens is 1. The molecule has 0 aliphatic rings. The van der Waals surface area contributed by atoms with E-state index in [-0.39, 0.29) is 5.82 Å². The maximum absolute atomic E-state index is 13.1. The second kappa shape index (κ2) is 4.52. The van der Waals surface area contributed by atoms with Gasteiger partial charge in [0.2, 0.25) is 0 Å². The summed E-state index contributed by atoms with van der Waals surface area (Å²) in [4.78, 5) is 0. The summed E-state index contributed by atoms with van der Waals surface area (Å²) in [6.45, 7) is 0.466. The SMILES string of the molecule is Cn1c(-c2ccc(F)cc2)c(CN)c2ccccc21. The van der Waals surface area contributed by atoms with Crippen molar-refractivity contribution in [3.63, 3.8) is 0 Å². The number of para-hydroxylation sites is 1. The van der Waals surface area contributed by atoms with Crippen LogP contribution in [0.15, 0.2) is 48.5 Å². The molecule has 0 saturated heterocycles. The Kier molecular flexibility index (Phi) is 2.84. The van der Waals surface area contributed by atoms with Crippen molar-refractivity contribution in [2.75, 3.05) is 0 Å². The maximum atomic E-state index is 13.1. The third-order valence-corrected chi connectivity index (χ3v) is 3.53. The van der Waals surface area contributed by atoms with Crippen LogP contribution in [0.3, 0.4) is 0 Å². The van der Waals surface area contributed by atoms with Crippen LogP contribution >= 0.6 is 0 Å². The number of rotatable bonds is 2. The van der Waals surface area contributed by atoms with E-state index >= 15 is 0 Å². The largest absolute Gasteiger partial charge is 0.343 e. The fourth-order valence-electron chi connectivity index (χ4n) is 2.65. The number of nitrogens with two attached hydrogens (primary N) is 1. The predicted molar refractivity (Wildman–Crippen MR) is 76.2 cm³/mol. The Hall–Kier alpha value is -2.13. The van der Waals surface area contributed by atoms with E-state index < -0.39 is 0 Å². The van der Waals surface area contributed by atoms with Crippen LogP contribution in [0.25, 0.3) is 22.2 Å². The summed E-state index contributed by atoms with van der Waals surface area (Å²) in [5, 5.41) is 1.16. The number of aryl methyl sites for hydroxylation is 1. The molecular formula is C16H15FN2. The average Bonchev–Trinajstić information content (AvgIpc) is 2.73. The monoisotopic (exact) mass is 254 g/mol. The summed E-state index contributed by atoms with van der Waals surface area (Å²) in [5.41, 5.74) is 10.2. The molecule has 0 aliphatic carbocycles. The van der Waals surface area contributed by atoms with Crippen molar-refractivity contribution in [3.05, 3.63) is 59.9 Å². The Bertz CT molecular complexity index is 726. The Morgan fingerprint density at radius 3 is 2.42 bits per heavy atom. The Morgan fingerprint density at radius 2 is 1.74 bits per heavy atom. The molecule has 1 aromatic heterocycles. The van der Waals surface area contributed by atoms with Crippen LogP contribution in [0.2, 0.25) is 0 Å². The fourth-order valence-corrected chi connectivity index (χ4v) is 2.65. The molecule has 2 aromatic carbocycles. The van der Waals surface area contributed by atoms with Gasteiger partial charge in [-0.3, -0.25) is 0 Å². The summed E-state index contributed by atoms with van der Waals surface area (Å²) >= 11 is 0. The minimum absolute atomic E-state index is 0.225. The normalized spacial score (nSPS) is 11.1. The van der Waals surface area contributed by atoms with Crippen LogP contribution in [0.4, 0.5) is 4.39 Å². The molecule has 2 nitrogen and oxygen atoms in total. The van der Waals surface area contributed by atoms with Crippen LogP contribution in [-0.2, 0) is 13.6 Å². The third kappa shape index (κ3) is 1.83. The molecule has 0 amide bonds. The van der Waals surface area contributed by atoms with Crippen LogP contribution in [0.5, 0.6) is 0 Å². The zero-order chi connectivity index (χ0) is 13.4. The van der Waals surface area contributed by atoms with Gasteiger partial charge in [-0.05, 0) is 41.5 Å². The van der Waals surface area contributed by atoms with Gasteiger partial charge in [0.1, 0.15) is 5.82 Å². The van der Waals surface area contributed by atoms with E-state index in [4.69, 9.17) is 5.73 Å². The van der Waals surface area contributed by atoms with Crippen molar-refractivity contribution in [2.45, 2.75) is 6.54 Å². The summed E-state index contributed by atoms with van der Waals surface area (Å²) in [6, 6.07) is 14.7.